The maximum Gasteiger partial charge on any atom is 0.253 e. The molecule has 8 heteroatoms. The first-order valence-electron chi connectivity index (χ1n) is 7.25. The molecule has 22 heavy (non-hydrogen) atoms. The van der Waals surface area contributed by atoms with Crippen molar-refractivity contribution in [3.8, 4) is 0 Å². The zero-order chi connectivity index (χ0) is 15.7. The molecular formula is C14H17BrN2O3S2. The number of aryl methyl sites for hydroxylation is 1. The van der Waals surface area contributed by atoms with Gasteiger partial charge < -0.3 is 4.52 Å². The highest BCUT2D eigenvalue weighted by Crippen LogP contribution is 2.38. The van der Waals surface area contributed by atoms with Gasteiger partial charge in [0.15, 0.2) is 0 Å². The van der Waals surface area contributed by atoms with Crippen LogP contribution in [0.2, 0.25) is 0 Å². The van der Waals surface area contributed by atoms with Crippen LogP contribution in [0, 0.1) is 0 Å². The maximum absolute atomic E-state index is 12.8. The fourth-order valence-electron chi connectivity index (χ4n) is 2.73. The number of nitrogens with zero attached hydrogens (tertiary/aromatic N) is 2. The molecule has 0 spiro atoms. The van der Waals surface area contributed by atoms with Crippen molar-refractivity contribution in [3.05, 3.63) is 33.4 Å². The van der Waals surface area contributed by atoms with Crippen molar-refractivity contribution in [2.45, 2.75) is 42.9 Å². The van der Waals surface area contributed by atoms with E-state index in [1.807, 2.05) is 6.07 Å². The van der Waals surface area contributed by atoms with E-state index < -0.39 is 10.0 Å². The number of hydrogen-bond acceptors (Lipinski definition) is 5. The third-order valence-corrected chi connectivity index (χ3v) is 7.73. The van der Waals surface area contributed by atoms with E-state index in [0.29, 0.717) is 10.8 Å². The molecule has 3 heterocycles. The van der Waals surface area contributed by atoms with Gasteiger partial charge in [-0.05, 0) is 47.3 Å². The molecule has 2 aromatic rings. The Hall–Kier alpha value is -0.700. The second kappa shape index (κ2) is 6.43. The van der Waals surface area contributed by atoms with Crippen molar-refractivity contribution < 1.29 is 12.9 Å². The number of rotatable bonds is 5. The summed E-state index contributed by atoms with van der Waals surface area (Å²) in [6.45, 7) is 2.60. The van der Waals surface area contributed by atoms with E-state index in [1.165, 1.54) is 11.3 Å². The Bertz CT molecular complexity index is 754. The molecule has 1 atom stereocenters. The number of thiophene rings is 1. The van der Waals surface area contributed by atoms with Crippen LogP contribution in [0.4, 0.5) is 0 Å². The molecule has 0 bridgehead atoms. The van der Waals surface area contributed by atoms with Gasteiger partial charge in [0.2, 0.25) is 0 Å². The van der Waals surface area contributed by atoms with Crippen molar-refractivity contribution in [1.82, 2.24) is 9.46 Å². The van der Waals surface area contributed by atoms with Crippen LogP contribution in [0.1, 0.15) is 43.7 Å². The molecular weight excluding hydrogens is 388 g/mol. The van der Waals surface area contributed by atoms with Gasteiger partial charge in [-0.2, -0.15) is 4.31 Å². The third kappa shape index (κ3) is 3.02. The number of sulfonamides is 1. The molecule has 120 valence electrons. The second-order valence-electron chi connectivity index (χ2n) is 5.30. The first-order valence-corrected chi connectivity index (χ1v) is 10.3. The Morgan fingerprint density at radius 2 is 2.32 bits per heavy atom. The summed E-state index contributed by atoms with van der Waals surface area (Å²) >= 11 is 4.56. The number of hydrogen-bond donors (Lipinski definition) is 0. The summed E-state index contributed by atoms with van der Waals surface area (Å²) in [5, 5.41) is 4.09. The average Bonchev–Trinajstić information content (AvgIpc) is 3.17. The van der Waals surface area contributed by atoms with E-state index in [4.69, 9.17) is 4.52 Å². The molecule has 1 fully saturated rings. The summed E-state index contributed by atoms with van der Waals surface area (Å²) in [5.41, 5.74) is 0.722. The summed E-state index contributed by atoms with van der Waals surface area (Å²) in [6.07, 6.45) is 3.42. The molecule has 0 aromatic carbocycles. The molecule has 0 unspecified atom stereocenters. The highest BCUT2D eigenvalue weighted by Gasteiger charge is 2.38. The lowest BCUT2D eigenvalue weighted by Crippen LogP contribution is -2.30. The van der Waals surface area contributed by atoms with Crippen molar-refractivity contribution in [3.63, 3.8) is 0 Å². The Labute approximate surface area is 142 Å². The first kappa shape index (κ1) is 16.2. The highest BCUT2D eigenvalue weighted by molar-refractivity contribution is 9.11. The van der Waals surface area contributed by atoms with E-state index in [9.17, 15) is 8.42 Å². The SMILES string of the molecule is CCCc1cc([C@H]2CCCN2S(=O)(=O)c2ccc(Br)s2)no1. The number of halogens is 1. The molecule has 3 rings (SSSR count). The van der Waals surface area contributed by atoms with Crippen LogP contribution in [0.5, 0.6) is 0 Å². The van der Waals surface area contributed by atoms with Crippen LogP contribution in [0.25, 0.3) is 0 Å². The minimum Gasteiger partial charge on any atom is -0.361 e. The molecule has 5 nitrogen and oxygen atoms in total. The van der Waals surface area contributed by atoms with Crippen molar-refractivity contribution in [1.29, 1.82) is 0 Å². The predicted molar refractivity (Wildman–Crippen MR) is 88.4 cm³/mol. The Kier molecular flexibility index (Phi) is 4.72. The Morgan fingerprint density at radius 1 is 1.50 bits per heavy atom. The van der Waals surface area contributed by atoms with Gasteiger partial charge >= 0.3 is 0 Å². The van der Waals surface area contributed by atoms with E-state index in [2.05, 4.69) is 28.0 Å². The molecule has 0 aliphatic carbocycles. The lowest BCUT2D eigenvalue weighted by atomic mass is 10.1. The van der Waals surface area contributed by atoms with E-state index in [-0.39, 0.29) is 6.04 Å². The lowest BCUT2D eigenvalue weighted by molar-refractivity contribution is 0.344. The van der Waals surface area contributed by atoms with Gasteiger partial charge in [0, 0.05) is 19.0 Å². The van der Waals surface area contributed by atoms with Crippen LogP contribution >= 0.6 is 27.3 Å². The van der Waals surface area contributed by atoms with Gasteiger partial charge in [0.05, 0.1) is 9.83 Å². The van der Waals surface area contributed by atoms with Gasteiger partial charge in [-0.15, -0.1) is 11.3 Å². The number of aromatic nitrogens is 1. The summed E-state index contributed by atoms with van der Waals surface area (Å²) in [4.78, 5) is 0. The van der Waals surface area contributed by atoms with Crippen LogP contribution in [0.15, 0.2) is 30.7 Å². The van der Waals surface area contributed by atoms with Crippen molar-refractivity contribution in [2.75, 3.05) is 6.54 Å². The molecule has 1 aliphatic heterocycles. The molecule has 1 aliphatic rings. The second-order valence-corrected chi connectivity index (χ2v) is 9.88. The average molecular weight is 405 g/mol. The van der Waals surface area contributed by atoms with Gasteiger partial charge in [-0.1, -0.05) is 12.1 Å². The summed E-state index contributed by atoms with van der Waals surface area (Å²) < 4.78 is 33.7. The highest BCUT2D eigenvalue weighted by atomic mass is 79.9. The van der Waals surface area contributed by atoms with E-state index in [1.54, 1.807) is 16.4 Å². The van der Waals surface area contributed by atoms with Crippen LogP contribution in [-0.4, -0.2) is 24.4 Å². The topological polar surface area (TPSA) is 63.4 Å². The minimum atomic E-state index is -3.48. The summed E-state index contributed by atoms with van der Waals surface area (Å²) in [6, 6.07) is 5.08. The smallest absolute Gasteiger partial charge is 0.253 e. The fourth-order valence-corrected chi connectivity index (χ4v) is 6.53. The summed E-state index contributed by atoms with van der Waals surface area (Å²) in [7, 11) is -3.48. The predicted octanol–water partition coefficient (Wildman–Crippen LogP) is 3.98. The third-order valence-electron chi connectivity index (χ3n) is 3.73. The normalized spacial score (nSPS) is 19.8. The standard InChI is InChI=1S/C14H17BrN2O3S2/c1-2-4-10-9-11(16-20-10)12-5-3-8-17(12)22(18,19)14-7-6-13(15)21-14/h6-7,9,12H,2-5,8H2,1H3/t12-/m1/s1. The monoisotopic (exact) mass is 404 g/mol. The Morgan fingerprint density at radius 3 is 3.00 bits per heavy atom. The quantitative estimate of drug-likeness (QED) is 0.755. The van der Waals surface area contributed by atoms with Crippen LogP contribution in [0.3, 0.4) is 0 Å². The van der Waals surface area contributed by atoms with Gasteiger partial charge in [-0.25, -0.2) is 8.42 Å². The summed E-state index contributed by atoms with van der Waals surface area (Å²) in [5.74, 6) is 0.820. The Balaban J connectivity index is 1.89. The molecule has 0 radical (unpaired) electrons. The lowest BCUT2D eigenvalue weighted by Gasteiger charge is -2.21. The largest absolute Gasteiger partial charge is 0.361 e. The molecule has 0 saturated carbocycles. The van der Waals surface area contributed by atoms with Crippen LogP contribution < -0.4 is 0 Å². The minimum absolute atomic E-state index is 0.222. The fraction of sp³-hybridized carbons (Fsp3) is 0.500. The van der Waals surface area contributed by atoms with Crippen molar-refractivity contribution >= 4 is 37.3 Å². The van der Waals surface area contributed by atoms with Gasteiger partial charge in [0.25, 0.3) is 10.0 Å². The van der Waals surface area contributed by atoms with Crippen molar-refractivity contribution in [2.24, 2.45) is 0 Å². The van der Waals surface area contributed by atoms with Gasteiger partial charge in [-0.3, -0.25) is 0 Å². The zero-order valence-corrected chi connectivity index (χ0v) is 15.4. The molecule has 1 saturated heterocycles. The van der Waals surface area contributed by atoms with Gasteiger partial charge in [0.1, 0.15) is 15.7 Å². The van der Waals surface area contributed by atoms with Crippen LogP contribution in [-0.2, 0) is 16.4 Å². The molecule has 2 aromatic heterocycles. The maximum atomic E-state index is 12.8. The first-order chi connectivity index (χ1) is 10.5. The zero-order valence-electron chi connectivity index (χ0n) is 12.2. The molecule has 0 amide bonds. The van der Waals surface area contributed by atoms with E-state index >= 15 is 0 Å². The molecule has 0 N–H and O–H groups in total. The van der Waals surface area contributed by atoms with E-state index in [0.717, 1.165) is 40.9 Å².